The molecule has 0 amide bonds. The number of rotatable bonds is 5. The third kappa shape index (κ3) is 3.62. The lowest BCUT2D eigenvalue weighted by atomic mass is 9.91. The molecule has 2 aliphatic rings. The number of hydrogen-bond acceptors (Lipinski definition) is 10. The number of aliphatic hydroxyl groups excluding tert-OH is 5. The maximum atomic E-state index is 12.2. The summed E-state index contributed by atoms with van der Waals surface area (Å²) in [6.07, 6.45) is -10.4. The van der Waals surface area contributed by atoms with Crippen molar-refractivity contribution in [3.8, 4) is 0 Å². The molecule has 2 saturated heterocycles. The van der Waals surface area contributed by atoms with Gasteiger partial charge in [0.15, 0.2) is 30.6 Å². The summed E-state index contributed by atoms with van der Waals surface area (Å²) in [4.78, 5) is 12.2. The van der Waals surface area contributed by atoms with Crippen LogP contribution in [0.4, 0.5) is 0 Å². The van der Waals surface area contributed by atoms with Crippen LogP contribution >= 0.6 is 0 Å². The molecule has 140 valence electrons. The molecule has 5 N–H and O–H groups in total. The van der Waals surface area contributed by atoms with Gasteiger partial charge in [0.1, 0.15) is 12.2 Å². The smallest absolute Gasteiger partial charge is 0.198 e. The summed E-state index contributed by atoms with van der Waals surface area (Å²) in [5.41, 5.74) is 0. The van der Waals surface area contributed by atoms with E-state index in [1.165, 1.54) is 7.11 Å². The zero-order valence-electron chi connectivity index (χ0n) is 13.4. The molecule has 0 radical (unpaired) electrons. The lowest BCUT2D eigenvalue weighted by Crippen LogP contribution is -2.62. The molecular formula is C14H24O10. The molecule has 0 aliphatic carbocycles. The van der Waals surface area contributed by atoms with Crippen LogP contribution in [0.15, 0.2) is 0 Å². The highest BCUT2D eigenvalue weighted by Crippen LogP contribution is 2.29. The molecule has 0 spiro atoms. The number of ether oxygens (including phenoxy) is 4. The van der Waals surface area contributed by atoms with E-state index in [9.17, 15) is 30.3 Å². The Kier molecular flexibility index (Phi) is 6.65. The van der Waals surface area contributed by atoms with E-state index >= 15 is 0 Å². The molecule has 10 heteroatoms. The summed E-state index contributed by atoms with van der Waals surface area (Å²) in [5, 5.41) is 48.6. The van der Waals surface area contributed by atoms with E-state index in [0.717, 1.165) is 0 Å². The first-order valence-corrected chi connectivity index (χ1v) is 7.64. The fourth-order valence-corrected chi connectivity index (χ4v) is 2.82. The minimum atomic E-state index is -1.64. The van der Waals surface area contributed by atoms with Crippen LogP contribution in [0.3, 0.4) is 0 Å². The Morgan fingerprint density at radius 2 is 1.58 bits per heavy atom. The maximum absolute atomic E-state index is 12.2. The first-order chi connectivity index (χ1) is 11.3. The van der Waals surface area contributed by atoms with E-state index in [4.69, 9.17) is 18.9 Å². The Labute approximate surface area is 138 Å². The van der Waals surface area contributed by atoms with Crippen molar-refractivity contribution in [1.29, 1.82) is 0 Å². The molecule has 0 aromatic rings. The summed E-state index contributed by atoms with van der Waals surface area (Å²) in [6, 6.07) is 0. The van der Waals surface area contributed by atoms with Crippen molar-refractivity contribution in [3.05, 3.63) is 0 Å². The quantitative estimate of drug-likeness (QED) is 0.340. The molecule has 2 heterocycles. The highest BCUT2D eigenvalue weighted by Gasteiger charge is 2.49. The van der Waals surface area contributed by atoms with Gasteiger partial charge in [-0.25, -0.2) is 0 Å². The summed E-state index contributed by atoms with van der Waals surface area (Å²) < 4.78 is 20.8. The van der Waals surface area contributed by atoms with Crippen LogP contribution < -0.4 is 0 Å². The maximum Gasteiger partial charge on any atom is 0.198 e. The largest absolute Gasteiger partial charge is 0.394 e. The molecule has 0 aromatic heterocycles. The van der Waals surface area contributed by atoms with Gasteiger partial charge in [0, 0.05) is 13.0 Å². The average molecular weight is 352 g/mol. The van der Waals surface area contributed by atoms with Gasteiger partial charge < -0.3 is 44.5 Å². The molecular weight excluding hydrogens is 328 g/mol. The number of aliphatic hydroxyl groups is 5. The van der Waals surface area contributed by atoms with Gasteiger partial charge in [-0.2, -0.15) is 0 Å². The van der Waals surface area contributed by atoms with E-state index < -0.39 is 74.1 Å². The molecule has 2 fully saturated rings. The fraction of sp³-hybridized carbons (Fsp3) is 0.929. The lowest BCUT2D eigenvalue weighted by molar-refractivity contribution is -0.321. The SMILES string of the molecule is CO[C@@H]1OC(CO)[C@@H](O[C@@H]2OC(CO)[C@@H](C)C(O)C2O)C(=O)C1O. The summed E-state index contributed by atoms with van der Waals surface area (Å²) in [5.74, 6) is -1.36. The third-order valence-electron chi connectivity index (χ3n) is 4.41. The van der Waals surface area contributed by atoms with Crippen molar-refractivity contribution in [2.45, 2.75) is 56.1 Å². The Morgan fingerprint density at radius 1 is 1.00 bits per heavy atom. The highest BCUT2D eigenvalue weighted by atomic mass is 16.7. The monoisotopic (exact) mass is 352 g/mol. The first kappa shape index (κ1) is 19.6. The van der Waals surface area contributed by atoms with Crippen LogP contribution in [0, 0.1) is 5.92 Å². The van der Waals surface area contributed by atoms with Gasteiger partial charge >= 0.3 is 0 Å². The van der Waals surface area contributed by atoms with E-state index in [2.05, 4.69) is 0 Å². The predicted molar refractivity (Wildman–Crippen MR) is 75.6 cm³/mol. The van der Waals surface area contributed by atoms with E-state index in [1.54, 1.807) is 6.92 Å². The van der Waals surface area contributed by atoms with Crippen molar-refractivity contribution in [1.82, 2.24) is 0 Å². The number of carbonyl (C=O) groups excluding carboxylic acids is 1. The number of Topliss-reactive ketones (excluding diaryl/α,β-unsaturated/α-hetero) is 1. The Morgan fingerprint density at radius 3 is 2.12 bits per heavy atom. The second-order valence-electron chi connectivity index (χ2n) is 5.93. The zero-order chi connectivity index (χ0) is 18.0. The minimum absolute atomic E-state index is 0.419. The number of ketones is 1. The third-order valence-corrected chi connectivity index (χ3v) is 4.41. The zero-order valence-corrected chi connectivity index (χ0v) is 13.4. The van der Waals surface area contributed by atoms with Gasteiger partial charge in [-0.05, 0) is 0 Å². The Bertz CT molecular complexity index is 430. The molecule has 0 bridgehead atoms. The molecule has 0 aromatic carbocycles. The minimum Gasteiger partial charge on any atom is -0.394 e. The van der Waals surface area contributed by atoms with Gasteiger partial charge in [-0.1, -0.05) is 6.92 Å². The van der Waals surface area contributed by atoms with Crippen LogP contribution in [0.1, 0.15) is 6.92 Å². The normalized spacial score (nSPS) is 47.0. The first-order valence-electron chi connectivity index (χ1n) is 7.64. The summed E-state index contributed by atoms with van der Waals surface area (Å²) >= 11 is 0. The molecule has 2 aliphatic heterocycles. The van der Waals surface area contributed by atoms with Gasteiger partial charge in [-0.15, -0.1) is 0 Å². The molecule has 24 heavy (non-hydrogen) atoms. The van der Waals surface area contributed by atoms with E-state index in [1.807, 2.05) is 0 Å². The summed E-state index contributed by atoms with van der Waals surface area (Å²) in [7, 11) is 1.23. The molecule has 5 unspecified atom stereocenters. The van der Waals surface area contributed by atoms with Crippen LogP contribution in [0.2, 0.25) is 0 Å². The fourth-order valence-electron chi connectivity index (χ4n) is 2.82. The van der Waals surface area contributed by atoms with Crippen molar-refractivity contribution < 1.29 is 49.3 Å². The van der Waals surface area contributed by atoms with Crippen molar-refractivity contribution in [2.75, 3.05) is 20.3 Å². The summed E-state index contributed by atoms with van der Waals surface area (Å²) in [6.45, 7) is 0.565. The predicted octanol–water partition coefficient (Wildman–Crippen LogP) is -3.26. The molecule has 10 nitrogen and oxygen atoms in total. The highest BCUT2D eigenvalue weighted by molar-refractivity contribution is 5.88. The van der Waals surface area contributed by atoms with Crippen LogP contribution in [0.25, 0.3) is 0 Å². The van der Waals surface area contributed by atoms with Gasteiger partial charge in [0.25, 0.3) is 0 Å². The molecule has 2 rings (SSSR count). The Hall–Kier alpha value is -0.690. The lowest BCUT2D eigenvalue weighted by Gasteiger charge is -2.43. The number of methoxy groups -OCH3 is 1. The second kappa shape index (κ2) is 8.13. The van der Waals surface area contributed by atoms with E-state index in [0.29, 0.717) is 0 Å². The van der Waals surface area contributed by atoms with Crippen molar-refractivity contribution >= 4 is 5.78 Å². The molecule has 0 saturated carbocycles. The number of hydrogen-bond donors (Lipinski definition) is 5. The number of carbonyl (C=O) groups is 1. The Balaban J connectivity index is 2.14. The van der Waals surface area contributed by atoms with Crippen LogP contribution in [-0.4, -0.2) is 101 Å². The topological polar surface area (TPSA) is 155 Å². The standard InChI is InChI=1S/C14H24O10/c1-5-6(3-15)22-14(10(19)8(5)17)24-12-7(4-16)23-13(21-2)11(20)9(12)18/h5-8,10-17,19-20H,3-4H2,1-2H3/t5-,6?,7?,8?,10?,11?,12-,13-,14+/m1/s1. The van der Waals surface area contributed by atoms with Gasteiger partial charge in [0.2, 0.25) is 0 Å². The second-order valence-corrected chi connectivity index (χ2v) is 5.93. The van der Waals surface area contributed by atoms with E-state index in [-0.39, 0.29) is 0 Å². The van der Waals surface area contributed by atoms with Gasteiger partial charge in [0.05, 0.1) is 25.4 Å². The van der Waals surface area contributed by atoms with Crippen LogP contribution in [-0.2, 0) is 23.7 Å². The van der Waals surface area contributed by atoms with Crippen molar-refractivity contribution in [2.24, 2.45) is 5.92 Å². The average Bonchev–Trinajstić information content (AvgIpc) is 2.59. The van der Waals surface area contributed by atoms with Crippen molar-refractivity contribution in [3.63, 3.8) is 0 Å². The molecule has 9 atom stereocenters. The van der Waals surface area contributed by atoms with Crippen LogP contribution in [0.5, 0.6) is 0 Å². The van der Waals surface area contributed by atoms with Gasteiger partial charge in [-0.3, -0.25) is 4.79 Å².